The molecule has 90 valence electrons. The van der Waals surface area contributed by atoms with Crippen LogP contribution in [0.5, 0.6) is 0 Å². The molecular weight excluding hydrogens is 498 g/mol. The first kappa shape index (κ1) is 14.2. The molecule has 1 heterocycles. The van der Waals surface area contributed by atoms with Crippen LogP contribution < -0.4 is 5.73 Å². The van der Waals surface area contributed by atoms with E-state index in [1.54, 1.807) is 11.3 Å². The first-order valence-corrected chi connectivity index (χ1v) is 8.63. The lowest BCUT2D eigenvalue weighted by atomic mass is 10.0. The van der Waals surface area contributed by atoms with Gasteiger partial charge in [0.2, 0.25) is 0 Å². The van der Waals surface area contributed by atoms with Crippen LogP contribution in [0.1, 0.15) is 17.2 Å². The van der Waals surface area contributed by atoms with Crippen molar-refractivity contribution < 1.29 is 0 Å². The van der Waals surface area contributed by atoms with E-state index in [0.29, 0.717) is 0 Å². The number of benzene rings is 1. The molecule has 2 rings (SSSR count). The molecule has 1 aromatic carbocycles. The Morgan fingerprint density at radius 1 is 1.00 bits per heavy atom. The fourth-order valence-electron chi connectivity index (χ4n) is 1.49. The zero-order chi connectivity index (χ0) is 12.6. The third kappa shape index (κ3) is 3.22. The molecule has 0 spiro atoms. The van der Waals surface area contributed by atoms with E-state index in [1.165, 1.54) is 0 Å². The molecule has 6 heteroatoms. The number of nitrogens with two attached hydrogens (primary N) is 1. The van der Waals surface area contributed by atoms with Gasteiger partial charge in [-0.05, 0) is 67.3 Å². The summed E-state index contributed by atoms with van der Waals surface area (Å²) in [6, 6.07) is 7.91. The molecule has 0 fully saturated rings. The molecule has 1 unspecified atom stereocenters. The minimum atomic E-state index is -0.154. The number of hydrogen-bond acceptors (Lipinski definition) is 2. The lowest BCUT2D eigenvalue weighted by molar-refractivity contribution is 0.865. The predicted molar refractivity (Wildman–Crippen MR) is 87.6 cm³/mol. The van der Waals surface area contributed by atoms with Crippen LogP contribution in [0.15, 0.2) is 40.8 Å². The van der Waals surface area contributed by atoms with Gasteiger partial charge < -0.3 is 5.73 Å². The zero-order valence-corrected chi connectivity index (χ0v) is 15.5. The first-order chi connectivity index (χ1) is 7.99. The van der Waals surface area contributed by atoms with E-state index < -0.39 is 0 Å². The highest BCUT2D eigenvalue weighted by Gasteiger charge is 2.17. The number of rotatable bonds is 2. The van der Waals surface area contributed by atoms with Gasteiger partial charge in [0, 0.05) is 8.95 Å². The van der Waals surface area contributed by atoms with Crippen LogP contribution in [0.25, 0.3) is 0 Å². The van der Waals surface area contributed by atoms with E-state index in [2.05, 4.69) is 63.7 Å². The van der Waals surface area contributed by atoms with Crippen LogP contribution in [0, 0.1) is 0 Å². The van der Waals surface area contributed by atoms with Gasteiger partial charge in [0.05, 0.1) is 13.6 Å². The molecule has 0 radical (unpaired) electrons. The van der Waals surface area contributed by atoms with Crippen molar-refractivity contribution >= 4 is 75.1 Å². The van der Waals surface area contributed by atoms with Gasteiger partial charge in [0.25, 0.3) is 0 Å². The summed E-state index contributed by atoms with van der Waals surface area (Å²) in [5.74, 6) is 0. The summed E-state index contributed by atoms with van der Waals surface area (Å²) < 4.78 is 4.17. The highest BCUT2D eigenvalue weighted by Crippen LogP contribution is 2.38. The van der Waals surface area contributed by atoms with E-state index in [9.17, 15) is 0 Å². The highest BCUT2D eigenvalue weighted by atomic mass is 79.9. The Morgan fingerprint density at radius 2 is 1.71 bits per heavy atom. The van der Waals surface area contributed by atoms with Gasteiger partial charge in [-0.1, -0.05) is 31.9 Å². The third-order valence-corrected chi connectivity index (χ3v) is 5.91. The van der Waals surface area contributed by atoms with Crippen LogP contribution in [0.4, 0.5) is 0 Å². The Bertz CT molecular complexity index is 552. The summed E-state index contributed by atoms with van der Waals surface area (Å²) in [4.78, 5) is 0. The number of hydrogen-bond donors (Lipinski definition) is 1. The Balaban J connectivity index is 2.46. The molecule has 1 nitrogen and oxygen atoms in total. The molecule has 2 aromatic rings. The molecule has 0 aliphatic carbocycles. The predicted octanol–water partition coefficient (Wildman–Crippen LogP) is 5.85. The Morgan fingerprint density at radius 3 is 2.29 bits per heavy atom. The maximum Gasteiger partial charge on any atom is 0.0761 e. The van der Waals surface area contributed by atoms with Crippen molar-refractivity contribution in [2.75, 3.05) is 0 Å². The van der Waals surface area contributed by atoms with Gasteiger partial charge in [-0.15, -0.1) is 11.3 Å². The molecule has 0 saturated heterocycles. The lowest BCUT2D eigenvalue weighted by Gasteiger charge is -2.14. The van der Waals surface area contributed by atoms with Crippen LogP contribution in [0.2, 0.25) is 0 Å². The summed E-state index contributed by atoms with van der Waals surface area (Å²) in [7, 11) is 0. The van der Waals surface area contributed by atoms with Crippen molar-refractivity contribution in [2.24, 2.45) is 5.73 Å². The van der Waals surface area contributed by atoms with Gasteiger partial charge in [-0.2, -0.15) is 0 Å². The smallest absolute Gasteiger partial charge is 0.0761 e. The Labute approximate surface area is 137 Å². The summed E-state index contributed by atoms with van der Waals surface area (Å²) in [6.07, 6.45) is 0. The number of halogens is 4. The average Bonchev–Trinajstić information content (AvgIpc) is 2.60. The average molecular weight is 505 g/mol. The molecule has 2 N–H and O–H groups in total. The topological polar surface area (TPSA) is 26.0 Å². The zero-order valence-electron chi connectivity index (χ0n) is 8.38. The summed E-state index contributed by atoms with van der Waals surface area (Å²) in [5, 5.41) is 0. The van der Waals surface area contributed by atoms with Crippen LogP contribution >= 0.6 is 75.1 Å². The van der Waals surface area contributed by atoms with Gasteiger partial charge in [0.1, 0.15) is 0 Å². The quantitative estimate of drug-likeness (QED) is 0.546. The lowest BCUT2D eigenvalue weighted by Crippen LogP contribution is -2.12. The Kier molecular flexibility index (Phi) is 4.88. The van der Waals surface area contributed by atoms with E-state index in [1.807, 2.05) is 24.3 Å². The van der Waals surface area contributed by atoms with Crippen LogP contribution in [0.3, 0.4) is 0 Å². The van der Waals surface area contributed by atoms with Crippen molar-refractivity contribution in [2.45, 2.75) is 6.04 Å². The third-order valence-electron chi connectivity index (χ3n) is 2.31. The fraction of sp³-hybridized carbons (Fsp3) is 0.0909. The first-order valence-electron chi connectivity index (χ1n) is 4.64. The van der Waals surface area contributed by atoms with Crippen molar-refractivity contribution in [3.05, 3.63) is 51.9 Å². The van der Waals surface area contributed by atoms with Crippen molar-refractivity contribution in [3.8, 4) is 0 Å². The summed E-state index contributed by atoms with van der Waals surface area (Å²) in [5.41, 5.74) is 8.45. The monoisotopic (exact) mass is 501 g/mol. The van der Waals surface area contributed by atoms with E-state index >= 15 is 0 Å². The Hall–Kier alpha value is 0.800. The molecule has 0 bridgehead atoms. The largest absolute Gasteiger partial charge is 0.320 e. The van der Waals surface area contributed by atoms with E-state index in [0.717, 1.165) is 27.6 Å². The van der Waals surface area contributed by atoms with Gasteiger partial charge in [0.15, 0.2) is 0 Å². The van der Waals surface area contributed by atoms with Crippen molar-refractivity contribution in [1.29, 1.82) is 0 Å². The second-order valence-electron chi connectivity index (χ2n) is 3.42. The maximum atomic E-state index is 6.31. The molecule has 0 aliphatic rings. The molecule has 17 heavy (non-hydrogen) atoms. The second-order valence-corrected chi connectivity index (χ2v) is 8.94. The van der Waals surface area contributed by atoms with Gasteiger partial charge in [-0.25, -0.2) is 0 Å². The summed E-state index contributed by atoms with van der Waals surface area (Å²) >= 11 is 15.6. The SMILES string of the molecule is NC(c1cc(Br)ccc1Br)c1cc(Br)sc1Br. The number of thiophene rings is 1. The fourth-order valence-corrected chi connectivity index (χ4v) is 5.29. The van der Waals surface area contributed by atoms with Crippen molar-refractivity contribution in [1.82, 2.24) is 0 Å². The molecular formula is C11H7Br4NS. The molecule has 0 saturated carbocycles. The second kappa shape index (κ2) is 5.84. The molecule has 1 atom stereocenters. The minimum Gasteiger partial charge on any atom is -0.320 e. The molecule has 0 aliphatic heterocycles. The molecule has 0 amide bonds. The van der Waals surface area contributed by atoms with E-state index in [4.69, 9.17) is 5.73 Å². The van der Waals surface area contributed by atoms with Crippen molar-refractivity contribution in [3.63, 3.8) is 0 Å². The summed E-state index contributed by atoms with van der Waals surface area (Å²) in [6.45, 7) is 0. The van der Waals surface area contributed by atoms with Gasteiger partial charge in [-0.3, -0.25) is 0 Å². The molecule has 1 aromatic heterocycles. The normalized spacial score (nSPS) is 12.8. The van der Waals surface area contributed by atoms with Crippen LogP contribution in [-0.2, 0) is 0 Å². The minimum absolute atomic E-state index is 0.154. The standard InChI is InChI=1S/C11H7Br4NS/c12-5-1-2-8(13)6(3-5)10(16)7-4-9(14)17-11(7)15/h1-4,10H,16H2. The van der Waals surface area contributed by atoms with Crippen LogP contribution in [-0.4, -0.2) is 0 Å². The van der Waals surface area contributed by atoms with Gasteiger partial charge >= 0.3 is 0 Å². The van der Waals surface area contributed by atoms with E-state index in [-0.39, 0.29) is 6.04 Å². The maximum absolute atomic E-state index is 6.31. The highest BCUT2D eigenvalue weighted by molar-refractivity contribution is 9.12.